The fourth-order valence-electron chi connectivity index (χ4n) is 4.38. The van der Waals surface area contributed by atoms with Crippen molar-refractivity contribution >= 4 is 11.6 Å². The number of ether oxygens (including phenoxy) is 1. The standard InChI is InChI=1S/C31H36F2N2O2/c1-4-6-23(5-2)21(3)7-17-29(34)24-10-8-22(9-11-24)20-35-31(36)28-19-26(33)14-18-30(28)37-27-15-12-25(32)13-16-27/h8-19,21,23H,4-7,20,34H2,1-3H3,(H,35,36)/b29-17+. The number of nitrogens with two attached hydrogens (primary N) is 1. The molecule has 4 nitrogen and oxygen atoms in total. The molecule has 3 rings (SSSR count). The molecule has 0 saturated carbocycles. The van der Waals surface area contributed by atoms with Crippen LogP contribution in [0.4, 0.5) is 8.78 Å². The van der Waals surface area contributed by atoms with Crippen LogP contribution >= 0.6 is 0 Å². The first-order valence-electron chi connectivity index (χ1n) is 12.9. The van der Waals surface area contributed by atoms with Gasteiger partial charge in [0, 0.05) is 12.2 Å². The van der Waals surface area contributed by atoms with Gasteiger partial charge in [-0.15, -0.1) is 0 Å². The summed E-state index contributed by atoms with van der Waals surface area (Å²) < 4.78 is 32.8. The fraction of sp³-hybridized carbons (Fsp3) is 0.323. The lowest BCUT2D eigenvalue weighted by Gasteiger charge is -2.21. The maximum absolute atomic E-state index is 13.9. The van der Waals surface area contributed by atoms with Gasteiger partial charge in [0.25, 0.3) is 5.91 Å². The molecule has 3 aromatic rings. The normalized spacial score (nSPS) is 13.2. The van der Waals surface area contributed by atoms with Gasteiger partial charge in [-0.2, -0.15) is 0 Å². The summed E-state index contributed by atoms with van der Waals surface area (Å²) in [7, 11) is 0. The van der Waals surface area contributed by atoms with E-state index in [-0.39, 0.29) is 17.9 Å². The van der Waals surface area contributed by atoms with Crippen LogP contribution < -0.4 is 15.8 Å². The third-order valence-electron chi connectivity index (χ3n) is 6.67. The lowest BCUT2D eigenvalue weighted by atomic mass is 9.85. The van der Waals surface area contributed by atoms with Crippen LogP contribution in [0.3, 0.4) is 0 Å². The Hall–Kier alpha value is -3.67. The number of rotatable bonds is 12. The Morgan fingerprint density at radius 2 is 1.68 bits per heavy atom. The SMILES string of the molecule is CCCC(CC)C(C)C/C=C(/N)c1ccc(CNC(=O)c2cc(F)ccc2Oc2ccc(F)cc2)cc1. The Morgan fingerprint density at radius 3 is 2.32 bits per heavy atom. The monoisotopic (exact) mass is 506 g/mol. The third kappa shape index (κ3) is 8.17. The van der Waals surface area contributed by atoms with E-state index in [1.54, 1.807) is 0 Å². The predicted molar refractivity (Wildman–Crippen MR) is 145 cm³/mol. The zero-order valence-corrected chi connectivity index (χ0v) is 21.8. The summed E-state index contributed by atoms with van der Waals surface area (Å²) >= 11 is 0. The predicted octanol–water partition coefficient (Wildman–Crippen LogP) is 7.84. The Labute approximate surface area is 218 Å². The maximum Gasteiger partial charge on any atom is 0.255 e. The molecule has 0 radical (unpaired) electrons. The summed E-state index contributed by atoms with van der Waals surface area (Å²) in [6.45, 7) is 7.01. The summed E-state index contributed by atoms with van der Waals surface area (Å²) in [6.07, 6.45) is 6.66. The number of allylic oxidation sites excluding steroid dienone is 1. The Kier molecular flexibility index (Phi) is 10.2. The van der Waals surface area contributed by atoms with Crippen molar-refractivity contribution in [3.63, 3.8) is 0 Å². The van der Waals surface area contributed by atoms with Crippen LogP contribution in [0.5, 0.6) is 11.5 Å². The molecule has 196 valence electrons. The highest BCUT2D eigenvalue weighted by Crippen LogP contribution is 2.27. The number of carbonyl (C=O) groups is 1. The van der Waals surface area contributed by atoms with E-state index in [4.69, 9.17) is 10.5 Å². The van der Waals surface area contributed by atoms with Crippen molar-refractivity contribution in [1.82, 2.24) is 5.32 Å². The molecule has 0 aliphatic rings. The first-order chi connectivity index (χ1) is 17.8. The first-order valence-corrected chi connectivity index (χ1v) is 12.9. The van der Waals surface area contributed by atoms with Gasteiger partial charge in [0.1, 0.15) is 23.1 Å². The van der Waals surface area contributed by atoms with E-state index in [2.05, 4.69) is 32.2 Å². The van der Waals surface area contributed by atoms with Crippen LogP contribution in [-0.2, 0) is 6.54 Å². The van der Waals surface area contributed by atoms with Crippen LogP contribution in [0.15, 0.2) is 72.8 Å². The summed E-state index contributed by atoms with van der Waals surface area (Å²) in [5.74, 6) is 0.367. The molecule has 6 heteroatoms. The Morgan fingerprint density at radius 1 is 1.00 bits per heavy atom. The largest absolute Gasteiger partial charge is 0.457 e. The molecule has 0 fully saturated rings. The molecule has 2 unspecified atom stereocenters. The topological polar surface area (TPSA) is 64.3 Å². The fourth-order valence-corrected chi connectivity index (χ4v) is 4.38. The van der Waals surface area contributed by atoms with E-state index in [1.807, 2.05) is 24.3 Å². The molecule has 3 aromatic carbocycles. The van der Waals surface area contributed by atoms with Gasteiger partial charge in [0.05, 0.1) is 5.56 Å². The second-order valence-corrected chi connectivity index (χ2v) is 9.41. The van der Waals surface area contributed by atoms with Gasteiger partial charge in [-0.25, -0.2) is 8.78 Å². The molecule has 0 heterocycles. The molecule has 0 bridgehead atoms. The van der Waals surface area contributed by atoms with Crippen molar-refractivity contribution in [3.05, 3.63) is 101 Å². The smallest absolute Gasteiger partial charge is 0.255 e. The second kappa shape index (κ2) is 13.6. The van der Waals surface area contributed by atoms with Gasteiger partial charge in [0.15, 0.2) is 0 Å². The van der Waals surface area contributed by atoms with Crippen molar-refractivity contribution in [3.8, 4) is 11.5 Å². The quantitative estimate of drug-likeness (QED) is 0.263. The zero-order chi connectivity index (χ0) is 26.8. The van der Waals surface area contributed by atoms with Gasteiger partial charge >= 0.3 is 0 Å². The number of amides is 1. The van der Waals surface area contributed by atoms with Gasteiger partial charge < -0.3 is 15.8 Å². The Balaban J connectivity index is 1.61. The molecule has 2 atom stereocenters. The van der Waals surface area contributed by atoms with Gasteiger partial charge in [-0.05, 0) is 71.8 Å². The molecular formula is C31H36F2N2O2. The highest BCUT2D eigenvalue weighted by molar-refractivity contribution is 5.97. The van der Waals surface area contributed by atoms with Crippen molar-refractivity contribution in [2.75, 3.05) is 0 Å². The van der Waals surface area contributed by atoms with Crippen molar-refractivity contribution in [1.29, 1.82) is 0 Å². The second-order valence-electron chi connectivity index (χ2n) is 9.41. The van der Waals surface area contributed by atoms with E-state index in [9.17, 15) is 13.6 Å². The van der Waals surface area contributed by atoms with Crippen LogP contribution in [0.2, 0.25) is 0 Å². The molecular weight excluding hydrogens is 470 g/mol. The number of benzene rings is 3. The molecule has 0 saturated heterocycles. The Bertz CT molecular complexity index is 1190. The average Bonchev–Trinajstić information content (AvgIpc) is 2.91. The first kappa shape index (κ1) is 27.9. The van der Waals surface area contributed by atoms with Crippen molar-refractivity contribution in [2.45, 2.75) is 53.0 Å². The van der Waals surface area contributed by atoms with Crippen LogP contribution in [-0.4, -0.2) is 5.91 Å². The number of hydrogen-bond donors (Lipinski definition) is 2. The summed E-state index contributed by atoms with van der Waals surface area (Å²) in [6, 6.07) is 16.8. The molecule has 0 aromatic heterocycles. The van der Waals surface area contributed by atoms with E-state index < -0.39 is 17.5 Å². The van der Waals surface area contributed by atoms with Gasteiger partial charge in [0.2, 0.25) is 0 Å². The molecule has 1 amide bonds. The number of carbonyl (C=O) groups excluding carboxylic acids is 1. The summed E-state index contributed by atoms with van der Waals surface area (Å²) in [4.78, 5) is 12.8. The van der Waals surface area contributed by atoms with Crippen molar-refractivity contribution < 1.29 is 18.3 Å². The maximum atomic E-state index is 13.9. The average molecular weight is 507 g/mol. The lowest BCUT2D eigenvalue weighted by molar-refractivity contribution is 0.0948. The van der Waals surface area contributed by atoms with E-state index in [1.165, 1.54) is 55.7 Å². The number of nitrogens with one attached hydrogen (secondary N) is 1. The van der Waals surface area contributed by atoms with E-state index >= 15 is 0 Å². The summed E-state index contributed by atoms with van der Waals surface area (Å²) in [5.41, 5.74) is 8.94. The molecule has 37 heavy (non-hydrogen) atoms. The number of halogens is 2. The van der Waals surface area contributed by atoms with Crippen LogP contribution in [0.1, 0.15) is 67.9 Å². The summed E-state index contributed by atoms with van der Waals surface area (Å²) in [5, 5.41) is 2.81. The van der Waals surface area contributed by atoms with Crippen LogP contribution in [0.25, 0.3) is 5.70 Å². The van der Waals surface area contributed by atoms with Crippen LogP contribution in [0, 0.1) is 23.5 Å². The molecule has 3 N–H and O–H groups in total. The molecule has 0 spiro atoms. The van der Waals surface area contributed by atoms with E-state index in [0.29, 0.717) is 17.6 Å². The van der Waals surface area contributed by atoms with E-state index in [0.717, 1.165) is 29.3 Å². The zero-order valence-electron chi connectivity index (χ0n) is 21.8. The molecule has 0 aliphatic carbocycles. The molecule has 0 aliphatic heterocycles. The van der Waals surface area contributed by atoms with Gasteiger partial charge in [-0.1, -0.05) is 70.4 Å². The van der Waals surface area contributed by atoms with Crippen molar-refractivity contribution in [2.24, 2.45) is 17.6 Å². The minimum Gasteiger partial charge on any atom is -0.457 e. The highest BCUT2D eigenvalue weighted by Gasteiger charge is 2.16. The number of hydrogen-bond acceptors (Lipinski definition) is 3. The third-order valence-corrected chi connectivity index (χ3v) is 6.67. The minimum absolute atomic E-state index is 0.0516. The van der Waals surface area contributed by atoms with Gasteiger partial charge in [-0.3, -0.25) is 4.79 Å². The highest BCUT2D eigenvalue weighted by atomic mass is 19.1. The minimum atomic E-state index is -0.558. The lowest BCUT2D eigenvalue weighted by Crippen LogP contribution is -2.23.